The van der Waals surface area contributed by atoms with Gasteiger partial charge in [-0.25, -0.2) is 0 Å². The first-order valence-electron chi connectivity index (χ1n) is 10.2. The van der Waals surface area contributed by atoms with Gasteiger partial charge in [0.1, 0.15) is 17.5 Å². The molecule has 0 bridgehead atoms. The maximum Gasteiger partial charge on any atom is 0.142 e. The summed E-state index contributed by atoms with van der Waals surface area (Å²) in [4.78, 5) is 13.4. The van der Waals surface area contributed by atoms with Gasteiger partial charge < -0.3 is 4.74 Å². The molecule has 132 valence electrons. The lowest BCUT2D eigenvalue weighted by Crippen LogP contribution is -2.61. The average molecular weight is 393 g/mol. The fourth-order valence-electron chi connectivity index (χ4n) is 8.49. The second kappa shape index (κ2) is 4.16. The van der Waals surface area contributed by atoms with Crippen LogP contribution in [0, 0.1) is 46.3 Å². The molecule has 11 atom stereocenters. The van der Waals surface area contributed by atoms with Crippen LogP contribution in [0.2, 0.25) is 0 Å². The van der Waals surface area contributed by atoms with E-state index in [9.17, 15) is 4.79 Å². The zero-order valence-corrected chi connectivity index (χ0v) is 16.6. The Morgan fingerprint density at radius 1 is 1.21 bits per heavy atom. The lowest BCUT2D eigenvalue weighted by Gasteiger charge is -2.60. The first kappa shape index (κ1) is 15.2. The molecular formula is C21H29BrO2. The van der Waals surface area contributed by atoms with Crippen LogP contribution in [0.15, 0.2) is 0 Å². The van der Waals surface area contributed by atoms with E-state index in [0.717, 1.165) is 18.3 Å². The minimum Gasteiger partial charge on any atom is -0.364 e. The van der Waals surface area contributed by atoms with Crippen LogP contribution in [0.3, 0.4) is 0 Å². The highest BCUT2D eigenvalue weighted by Crippen LogP contribution is 2.77. The number of carbonyl (C=O) groups excluding carboxylic acids is 1. The van der Waals surface area contributed by atoms with Crippen molar-refractivity contribution >= 4 is 21.7 Å². The maximum atomic E-state index is 12.9. The number of fused-ring (bicyclic) bond motifs is 6. The molecule has 6 rings (SSSR count). The Kier molecular flexibility index (Phi) is 2.63. The van der Waals surface area contributed by atoms with Gasteiger partial charge >= 0.3 is 0 Å². The van der Waals surface area contributed by atoms with Crippen LogP contribution in [0.1, 0.15) is 59.3 Å². The van der Waals surface area contributed by atoms with E-state index in [1.807, 2.05) is 0 Å². The molecule has 1 saturated heterocycles. The molecule has 2 nitrogen and oxygen atoms in total. The first-order valence-corrected chi connectivity index (χ1v) is 11.1. The third-order valence-corrected chi connectivity index (χ3v) is 10.9. The molecule has 0 aromatic heterocycles. The number of halogens is 1. The predicted molar refractivity (Wildman–Crippen MR) is 95.9 cm³/mol. The summed E-state index contributed by atoms with van der Waals surface area (Å²) in [6, 6.07) is 0. The van der Waals surface area contributed by atoms with E-state index >= 15 is 0 Å². The van der Waals surface area contributed by atoms with Gasteiger partial charge in [-0.1, -0.05) is 36.7 Å². The number of ketones is 1. The monoisotopic (exact) mass is 392 g/mol. The highest BCUT2D eigenvalue weighted by molar-refractivity contribution is 9.09. The first-order chi connectivity index (χ1) is 11.3. The van der Waals surface area contributed by atoms with Gasteiger partial charge in [0.05, 0.1) is 0 Å². The molecular weight excluding hydrogens is 364 g/mol. The number of ether oxygens (including phenoxy) is 1. The molecule has 6 aliphatic rings. The Bertz CT molecular complexity index is 648. The van der Waals surface area contributed by atoms with Crippen molar-refractivity contribution in [3.63, 3.8) is 0 Å². The fraction of sp³-hybridized carbons (Fsp3) is 0.952. The second-order valence-corrected chi connectivity index (χ2v) is 11.7. The van der Waals surface area contributed by atoms with Crippen LogP contribution < -0.4 is 0 Å². The van der Waals surface area contributed by atoms with Crippen molar-refractivity contribution in [2.24, 2.45) is 46.3 Å². The van der Waals surface area contributed by atoms with Gasteiger partial charge in [-0.05, 0) is 68.1 Å². The highest BCUT2D eigenvalue weighted by Gasteiger charge is 2.80. The lowest BCUT2D eigenvalue weighted by atomic mass is 9.44. The van der Waals surface area contributed by atoms with Gasteiger partial charge in [-0.2, -0.15) is 0 Å². The summed E-state index contributed by atoms with van der Waals surface area (Å²) >= 11 is 4.13. The lowest BCUT2D eigenvalue weighted by molar-refractivity contribution is -0.140. The normalized spacial score (nSPS) is 69.1. The number of carbonyl (C=O) groups is 1. The zero-order chi connectivity index (χ0) is 16.6. The Morgan fingerprint density at radius 2 is 2.00 bits per heavy atom. The van der Waals surface area contributed by atoms with Gasteiger partial charge in [-0.3, -0.25) is 4.79 Å². The summed E-state index contributed by atoms with van der Waals surface area (Å²) in [5.41, 5.74) is 0.476. The van der Waals surface area contributed by atoms with Gasteiger partial charge in [0, 0.05) is 21.6 Å². The zero-order valence-electron chi connectivity index (χ0n) is 15.1. The minimum atomic E-state index is -0.0199. The number of alkyl halides is 1. The molecule has 0 aromatic carbocycles. The summed E-state index contributed by atoms with van der Waals surface area (Å²) < 4.78 is 6.57. The molecule has 0 aromatic rings. The van der Waals surface area contributed by atoms with E-state index in [0.29, 0.717) is 45.8 Å². The third-order valence-electron chi connectivity index (χ3n) is 9.78. The smallest absolute Gasteiger partial charge is 0.142 e. The molecule has 5 aliphatic carbocycles. The number of Topliss-reactive ketones (excluding diaryl/α,β-unsaturated/α-hetero) is 1. The molecule has 0 amide bonds. The molecule has 1 heterocycles. The van der Waals surface area contributed by atoms with Gasteiger partial charge in [-0.15, -0.1) is 0 Å². The molecule has 1 aliphatic heterocycles. The Morgan fingerprint density at radius 3 is 2.79 bits per heavy atom. The molecule has 6 fully saturated rings. The van der Waals surface area contributed by atoms with Crippen LogP contribution in [0.5, 0.6) is 0 Å². The third kappa shape index (κ3) is 1.43. The second-order valence-electron chi connectivity index (χ2n) is 10.7. The van der Waals surface area contributed by atoms with E-state index in [1.54, 1.807) is 0 Å². The number of hydrogen-bond donors (Lipinski definition) is 0. The topological polar surface area (TPSA) is 29.6 Å². The van der Waals surface area contributed by atoms with Crippen LogP contribution in [-0.2, 0) is 9.53 Å². The van der Waals surface area contributed by atoms with E-state index in [2.05, 4.69) is 36.7 Å². The van der Waals surface area contributed by atoms with Crippen molar-refractivity contribution in [2.45, 2.75) is 75.8 Å². The van der Waals surface area contributed by atoms with Crippen molar-refractivity contribution in [3.8, 4) is 0 Å². The fourth-order valence-corrected chi connectivity index (χ4v) is 9.72. The van der Waals surface area contributed by atoms with Crippen molar-refractivity contribution in [2.75, 3.05) is 0 Å². The summed E-state index contributed by atoms with van der Waals surface area (Å²) in [7, 11) is 0. The SMILES string of the molecule is C[C@H]1CC[C@]2(C)C3CC[C@]4(C)C(=O)[C@H]5CC5C4[C@@H]3C(Br)[C@H]3O[C@]32C1. The number of epoxide rings is 1. The van der Waals surface area contributed by atoms with Crippen molar-refractivity contribution in [1.82, 2.24) is 0 Å². The molecule has 0 radical (unpaired) electrons. The van der Waals surface area contributed by atoms with E-state index in [-0.39, 0.29) is 11.0 Å². The quantitative estimate of drug-likeness (QED) is 0.445. The molecule has 5 saturated carbocycles. The summed E-state index contributed by atoms with van der Waals surface area (Å²) in [6.07, 6.45) is 7.92. The number of rotatable bonds is 0. The highest BCUT2D eigenvalue weighted by atomic mass is 79.9. The minimum absolute atomic E-state index is 0.0199. The predicted octanol–water partition coefficient (Wildman–Crippen LogP) is 4.59. The molecule has 4 unspecified atom stereocenters. The molecule has 3 heteroatoms. The van der Waals surface area contributed by atoms with Crippen molar-refractivity contribution in [1.29, 1.82) is 0 Å². The maximum absolute atomic E-state index is 12.9. The average Bonchev–Trinajstić information content (AvgIpc) is 3.43. The van der Waals surface area contributed by atoms with Gasteiger partial charge in [0.2, 0.25) is 0 Å². The Balaban J connectivity index is 1.45. The standard InChI is InChI=1S/C21H29BrO2/c1-10-4-7-20(3)13-5-6-19(2)15(11-8-12(11)17(19)23)14(13)16(22)18-21(20,9-10)24-18/h10-16,18H,4-9H2,1-3H3/t10-,11?,12-,13?,14+,15?,16?,18+,19-,20+,21+/m0/s1. The summed E-state index contributed by atoms with van der Waals surface area (Å²) in [5, 5.41) is 0. The molecule has 0 N–H and O–H groups in total. The van der Waals surface area contributed by atoms with E-state index in [4.69, 9.17) is 4.74 Å². The van der Waals surface area contributed by atoms with Crippen molar-refractivity contribution in [3.05, 3.63) is 0 Å². The van der Waals surface area contributed by atoms with Gasteiger partial charge in [0.25, 0.3) is 0 Å². The van der Waals surface area contributed by atoms with Crippen LogP contribution in [0.4, 0.5) is 0 Å². The van der Waals surface area contributed by atoms with E-state index in [1.165, 1.54) is 32.1 Å². The Labute approximate surface area is 153 Å². The Hall–Kier alpha value is 0.110. The molecule has 1 spiro atoms. The summed E-state index contributed by atoms with van der Waals surface area (Å²) in [6.45, 7) is 7.27. The van der Waals surface area contributed by atoms with Gasteiger partial charge in [0.15, 0.2) is 0 Å². The van der Waals surface area contributed by atoms with Crippen molar-refractivity contribution < 1.29 is 9.53 Å². The van der Waals surface area contributed by atoms with Crippen LogP contribution >= 0.6 is 15.9 Å². The summed E-state index contributed by atoms with van der Waals surface area (Å²) in [5.74, 6) is 4.57. The van der Waals surface area contributed by atoms with Crippen LogP contribution in [-0.4, -0.2) is 22.3 Å². The van der Waals surface area contributed by atoms with Crippen LogP contribution in [0.25, 0.3) is 0 Å². The van der Waals surface area contributed by atoms with E-state index < -0.39 is 0 Å². The largest absolute Gasteiger partial charge is 0.364 e. The molecule has 24 heavy (non-hydrogen) atoms. The number of hydrogen-bond acceptors (Lipinski definition) is 2.